The highest BCUT2D eigenvalue weighted by atomic mass is 16.5. The van der Waals surface area contributed by atoms with Crippen molar-refractivity contribution in [2.45, 2.75) is 40.0 Å². The first-order chi connectivity index (χ1) is 8.95. The molecule has 0 amide bonds. The molecule has 0 unspecified atom stereocenters. The zero-order valence-corrected chi connectivity index (χ0v) is 12.1. The maximum Gasteiger partial charge on any atom is 0.328 e. The van der Waals surface area contributed by atoms with Crippen LogP contribution in [0.15, 0.2) is 24.3 Å². The maximum atomic E-state index is 10.7. The van der Waals surface area contributed by atoms with Crippen LogP contribution in [0.4, 0.5) is 0 Å². The van der Waals surface area contributed by atoms with Crippen molar-refractivity contribution in [3.63, 3.8) is 0 Å². The van der Waals surface area contributed by atoms with Crippen LogP contribution in [0.1, 0.15) is 51.2 Å². The Bertz CT molecular complexity index is 473. The Labute approximate surface area is 114 Å². The maximum absolute atomic E-state index is 10.7. The molecule has 1 aromatic rings. The summed E-state index contributed by atoms with van der Waals surface area (Å²) in [5.74, 6) is 0.308. The van der Waals surface area contributed by atoms with E-state index in [1.165, 1.54) is 6.08 Å². The molecule has 0 aliphatic heterocycles. The SMILES string of the molecule is CCCOc1ccc(/C(C)=C/C(=O)O)cc1C(C)C. The van der Waals surface area contributed by atoms with Gasteiger partial charge in [-0.25, -0.2) is 4.79 Å². The second-order valence-corrected chi connectivity index (χ2v) is 4.92. The second-order valence-electron chi connectivity index (χ2n) is 4.92. The van der Waals surface area contributed by atoms with Gasteiger partial charge in [0.25, 0.3) is 0 Å². The molecule has 3 heteroatoms. The average Bonchev–Trinajstić information content (AvgIpc) is 2.35. The fraction of sp³-hybridized carbons (Fsp3) is 0.438. The third-order valence-corrected chi connectivity index (χ3v) is 2.89. The number of aliphatic carboxylic acids is 1. The van der Waals surface area contributed by atoms with Gasteiger partial charge in [0.1, 0.15) is 5.75 Å². The van der Waals surface area contributed by atoms with Crippen LogP contribution in [-0.4, -0.2) is 17.7 Å². The summed E-state index contributed by atoms with van der Waals surface area (Å²) in [5.41, 5.74) is 2.79. The molecule has 0 aromatic heterocycles. The van der Waals surface area contributed by atoms with Crippen LogP contribution in [0.2, 0.25) is 0 Å². The third-order valence-electron chi connectivity index (χ3n) is 2.89. The van der Waals surface area contributed by atoms with Gasteiger partial charge >= 0.3 is 5.97 Å². The van der Waals surface area contributed by atoms with E-state index in [1.807, 2.05) is 18.2 Å². The lowest BCUT2D eigenvalue weighted by Gasteiger charge is -2.15. The Balaban J connectivity index is 3.12. The first-order valence-electron chi connectivity index (χ1n) is 6.64. The van der Waals surface area contributed by atoms with Crippen LogP contribution in [-0.2, 0) is 4.79 Å². The third kappa shape index (κ3) is 4.43. The number of carbonyl (C=O) groups is 1. The van der Waals surface area contributed by atoms with Crippen LogP contribution in [0.3, 0.4) is 0 Å². The van der Waals surface area contributed by atoms with E-state index in [0.717, 1.165) is 28.9 Å². The normalized spacial score (nSPS) is 11.7. The van der Waals surface area contributed by atoms with Gasteiger partial charge in [0.05, 0.1) is 6.61 Å². The minimum absolute atomic E-state index is 0.337. The molecule has 0 fully saturated rings. The number of rotatable bonds is 6. The van der Waals surface area contributed by atoms with Gasteiger partial charge in [-0.05, 0) is 48.1 Å². The fourth-order valence-corrected chi connectivity index (χ4v) is 1.86. The van der Waals surface area contributed by atoms with E-state index >= 15 is 0 Å². The fourth-order valence-electron chi connectivity index (χ4n) is 1.86. The number of allylic oxidation sites excluding steroid dienone is 1. The molecule has 0 saturated carbocycles. The van der Waals surface area contributed by atoms with E-state index in [9.17, 15) is 4.79 Å². The van der Waals surface area contributed by atoms with Crippen LogP contribution >= 0.6 is 0 Å². The predicted octanol–water partition coefficient (Wildman–Crippen LogP) is 4.09. The predicted molar refractivity (Wildman–Crippen MR) is 77.6 cm³/mol. The van der Waals surface area contributed by atoms with Crippen molar-refractivity contribution < 1.29 is 14.6 Å². The Morgan fingerprint density at radius 1 is 1.42 bits per heavy atom. The molecular formula is C16H22O3. The van der Waals surface area contributed by atoms with Crippen LogP contribution in [0.25, 0.3) is 5.57 Å². The molecule has 19 heavy (non-hydrogen) atoms. The van der Waals surface area contributed by atoms with Crippen molar-refractivity contribution in [3.05, 3.63) is 35.4 Å². The van der Waals surface area contributed by atoms with Crippen LogP contribution in [0, 0.1) is 0 Å². The highest BCUT2D eigenvalue weighted by Gasteiger charge is 2.10. The van der Waals surface area contributed by atoms with Crippen molar-refractivity contribution in [1.82, 2.24) is 0 Å². The Morgan fingerprint density at radius 3 is 2.63 bits per heavy atom. The number of hydrogen-bond donors (Lipinski definition) is 1. The van der Waals surface area contributed by atoms with Gasteiger partial charge in [0.2, 0.25) is 0 Å². The topological polar surface area (TPSA) is 46.5 Å². The molecule has 1 rings (SSSR count). The number of ether oxygens (including phenoxy) is 1. The summed E-state index contributed by atoms with van der Waals surface area (Å²) < 4.78 is 5.73. The summed E-state index contributed by atoms with van der Waals surface area (Å²) in [7, 11) is 0. The first kappa shape index (κ1) is 15.3. The van der Waals surface area contributed by atoms with Gasteiger partial charge in [0.15, 0.2) is 0 Å². The molecular weight excluding hydrogens is 240 g/mol. The highest BCUT2D eigenvalue weighted by molar-refractivity contribution is 5.89. The zero-order valence-electron chi connectivity index (χ0n) is 12.1. The molecule has 0 saturated heterocycles. The van der Waals surface area contributed by atoms with E-state index in [2.05, 4.69) is 20.8 Å². The first-order valence-corrected chi connectivity index (χ1v) is 6.64. The molecule has 1 aromatic carbocycles. The highest BCUT2D eigenvalue weighted by Crippen LogP contribution is 2.30. The van der Waals surface area contributed by atoms with Gasteiger partial charge in [-0.1, -0.05) is 26.8 Å². The van der Waals surface area contributed by atoms with Crippen molar-refractivity contribution in [2.75, 3.05) is 6.61 Å². The van der Waals surface area contributed by atoms with Crippen LogP contribution < -0.4 is 4.74 Å². The second kappa shape index (κ2) is 6.98. The monoisotopic (exact) mass is 262 g/mol. The number of hydrogen-bond acceptors (Lipinski definition) is 2. The van der Waals surface area contributed by atoms with E-state index < -0.39 is 5.97 Å². The summed E-state index contributed by atoms with van der Waals surface area (Å²) >= 11 is 0. The quantitative estimate of drug-likeness (QED) is 0.785. The molecule has 1 N–H and O–H groups in total. The van der Waals surface area contributed by atoms with Crippen molar-refractivity contribution in [3.8, 4) is 5.75 Å². The number of benzene rings is 1. The molecule has 0 aliphatic rings. The molecule has 0 aliphatic carbocycles. The minimum Gasteiger partial charge on any atom is -0.493 e. The van der Waals surface area contributed by atoms with E-state index in [-0.39, 0.29) is 0 Å². The summed E-state index contributed by atoms with van der Waals surface area (Å²) in [6, 6.07) is 5.86. The van der Waals surface area contributed by atoms with Gasteiger partial charge in [-0.3, -0.25) is 0 Å². The van der Waals surface area contributed by atoms with Gasteiger partial charge in [-0.15, -0.1) is 0 Å². The lowest BCUT2D eigenvalue weighted by atomic mass is 9.96. The lowest BCUT2D eigenvalue weighted by Crippen LogP contribution is -2.01. The average molecular weight is 262 g/mol. The van der Waals surface area contributed by atoms with Crippen molar-refractivity contribution in [2.24, 2.45) is 0 Å². The van der Waals surface area contributed by atoms with Crippen molar-refractivity contribution >= 4 is 11.5 Å². The van der Waals surface area contributed by atoms with Gasteiger partial charge in [0, 0.05) is 6.08 Å². The Kier molecular flexibility index (Phi) is 5.61. The smallest absolute Gasteiger partial charge is 0.328 e. The zero-order chi connectivity index (χ0) is 14.4. The summed E-state index contributed by atoms with van der Waals surface area (Å²) in [4.78, 5) is 10.7. The molecule has 3 nitrogen and oxygen atoms in total. The molecule has 0 heterocycles. The summed E-state index contributed by atoms with van der Waals surface area (Å²) in [6.45, 7) is 8.79. The van der Waals surface area contributed by atoms with Crippen LogP contribution in [0.5, 0.6) is 5.75 Å². The van der Waals surface area contributed by atoms with Crippen molar-refractivity contribution in [1.29, 1.82) is 0 Å². The van der Waals surface area contributed by atoms with E-state index in [0.29, 0.717) is 12.5 Å². The summed E-state index contributed by atoms with van der Waals surface area (Å²) in [6.07, 6.45) is 2.20. The lowest BCUT2D eigenvalue weighted by molar-refractivity contribution is -0.131. The molecule has 0 radical (unpaired) electrons. The minimum atomic E-state index is -0.921. The largest absolute Gasteiger partial charge is 0.493 e. The van der Waals surface area contributed by atoms with Gasteiger partial charge < -0.3 is 9.84 Å². The molecule has 0 bridgehead atoms. The number of carboxylic acid groups (broad SMARTS) is 1. The van der Waals surface area contributed by atoms with Gasteiger partial charge in [-0.2, -0.15) is 0 Å². The Hall–Kier alpha value is -1.77. The molecule has 104 valence electrons. The Morgan fingerprint density at radius 2 is 2.11 bits per heavy atom. The molecule has 0 atom stereocenters. The van der Waals surface area contributed by atoms with E-state index in [4.69, 9.17) is 9.84 Å². The molecule has 0 spiro atoms. The summed E-state index contributed by atoms with van der Waals surface area (Å²) in [5, 5.41) is 8.79. The van der Waals surface area contributed by atoms with E-state index in [1.54, 1.807) is 6.92 Å². The number of carboxylic acids is 1. The standard InChI is InChI=1S/C16H22O3/c1-5-8-19-15-7-6-13(10-14(15)11(2)3)12(4)9-16(17)18/h6-7,9-11H,5,8H2,1-4H3,(H,17,18)/b12-9+.